The normalized spacial score (nSPS) is 29.7. The van der Waals surface area contributed by atoms with Gasteiger partial charge in [-0.05, 0) is 75.5 Å². The van der Waals surface area contributed by atoms with Gasteiger partial charge in [0.05, 0.1) is 22.1 Å². The molecule has 1 saturated heterocycles. The van der Waals surface area contributed by atoms with Gasteiger partial charge < -0.3 is 20.9 Å². The molecule has 0 aromatic carbocycles. The summed E-state index contributed by atoms with van der Waals surface area (Å²) in [6.07, 6.45) is -8.62. The molecule has 0 bridgehead atoms. The van der Waals surface area contributed by atoms with E-state index in [-0.39, 0.29) is 18.2 Å². The first kappa shape index (κ1) is 28.1. The first-order valence-corrected chi connectivity index (χ1v) is 19.1. The fourth-order valence-corrected chi connectivity index (χ4v) is 9.04. The SMILES string of the molecule is [2H]C([2H])([2H])C([2H])([2H])C([2H])([2H])C([2H])([2H])[C@H](CC(=O)[C@@H]1[C@@H]2[C@H](CN1C(=O)[C@@H](NC(=O)NC1(CS(=O)(=O)C(C)(C)C)CCCCC1)C(C)(C)C)C2(C)C)C(=O)C(=O)NC1CC1. The number of likely N-dealkylation sites (tertiary alicyclic amines) is 1. The number of carbonyl (C=O) groups is 5. The van der Waals surface area contributed by atoms with Crippen LogP contribution < -0.4 is 16.0 Å². The van der Waals surface area contributed by atoms with Crippen LogP contribution in [0.4, 0.5) is 4.79 Å². The summed E-state index contributed by atoms with van der Waals surface area (Å²) in [5.74, 6) is -8.03. The van der Waals surface area contributed by atoms with Crippen LogP contribution in [-0.2, 0) is 29.0 Å². The predicted octanol–water partition coefficient (Wildman–Crippen LogP) is 4.71. The minimum atomic E-state index is -3.94. The van der Waals surface area contributed by atoms with Crippen LogP contribution in [0.15, 0.2) is 0 Å². The fourth-order valence-electron chi connectivity index (χ4n) is 7.52. The third kappa shape index (κ3) is 8.87. The Bertz CT molecular complexity index is 1760. The average molecular weight is 716 g/mol. The summed E-state index contributed by atoms with van der Waals surface area (Å²) in [6, 6.07) is -3.79. The molecule has 12 heteroatoms. The molecule has 4 fully saturated rings. The zero-order chi connectivity index (χ0) is 44.6. The van der Waals surface area contributed by atoms with Crippen LogP contribution in [0.3, 0.4) is 0 Å². The summed E-state index contributed by atoms with van der Waals surface area (Å²) in [7, 11) is -3.68. The molecule has 0 radical (unpaired) electrons. The largest absolute Gasteiger partial charge is 0.347 e. The Morgan fingerprint density at radius 2 is 1.63 bits per heavy atom. The van der Waals surface area contributed by atoms with Crippen LogP contribution in [0.1, 0.15) is 145 Å². The highest BCUT2D eigenvalue weighted by Gasteiger charge is 2.69. The molecule has 0 spiro atoms. The van der Waals surface area contributed by atoms with Gasteiger partial charge >= 0.3 is 6.03 Å². The van der Waals surface area contributed by atoms with Gasteiger partial charge in [0.2, 0.25) is 11.7 Å². The topological polar surface area (TPSA) is 159 Å². The van der Waals surface area contributed by atoms with E-state index in [1.54, 1.807) is 41.5 Å². The summed E-state index contributed by atoms with van der Waals surface area (Å²) < 4.78 is 99.3. The Hall–Kier alpha value is -2.50. The Morgan fingerprint density at radius 3 is 2.18 bits per heavy atom. The number of fused-ring (bicyclic) bond motifs is 1. The first-order chi connectivity index (χ1) is 26.0. The van der Waals surface area contributed by atoms with Crippen molar-refractivity contribution in [1.82, 2.24) is 20.9 Å². The van der Waals surface area contributed by atoms with Crippen molar-refractivity contribution in [2.75, 3.05) is 12.3 Å². The summed E-state index contributed by atoms with van der Waals surface area (Å²) in [4.78, 5) is 71.2. The molecule has 3 aliphatic carbocycles. The van der Waals surface area contributed by atoms with Crippen molar-refractivity contribution in [3.05, 3.63) is 0 Å². The molecule has 4 rings (SSSR count). The highest BCUT2D eigenvalue weighted by molar-refractivity contribution is 7.92. The van der Waals surface area contributed by atoms with Crippen molar-refractivity contribution in [1.29, 1.82) is 0 Å². The van der Waals surface area contributed by atoms with Crippen LogP contribution in [0.5, 0.6) is 0 Å². The maximum absolute atomic E-state index is 14.7. The quantitative estimate of drug-likeness (QED) is 0.220. The number of hydrogen-bond donors (Lipinski definition) is 3. The van der Waals surface area contributed by atoms with Crippen LogP contribution in [0.2, 0.25) is 0 Å². The number of amides is 4. The minimum absolute atomic E-state index is 0.0344. The summed E-state index contributed by atoms with van der Waals surface area (Å²) in [6.45, 7) is 9.89. The maximum Gasteiger partial charge on any atom is 0.315 e. The molecule has 5 atom stereocenters. The van der Waals surface area contributed by atoms with Gasteiger partial charge in [-0.3, -0.25) is 19.2 Å². The lowest BCUT2D eigenvalue weighted by Gasteiger charge is -2.41. The van der Waals surface area contributed by atoms with Crippen LogP contribution in [0, 0.1) is 28.6 Å². The monoisotopic (exact) mass is 715 g/mol. The Balaban J connectivity index is 1.68. The lowest BCUT2D eigenvalue weighted by atomic mass is 9.83. The Morgan fingerprint density at radius 1 is 1.00 bits per heavy atom. The van der Waals surface area contributed by atoms with Gasteiger partial charge in [0, 0.05) is 37.3 Å². The van der Waals surface area contributed by atoms with E-state index in [0.29, 0.717) is 38.5 Å². The molecule has 278 valence electrons. The Kier molecular flexibility index (Phi) is 8.18. The zero-order valence-electron chi connectivity index (χ0n) is 39.2. The van der Waals surface area contributed by atoms with Gasteiger partial charge in [0.15, 0.2) is 15.6 Å². The molecule has 0 aromatic heterocycles. The summed E-state index contributed by atoms with van der Waals surface area (Å²) in [5, 5.41) is 8.05. The second-order valence-electron chi connectivity index (χ2n) is 17.2. The number of carbonyl (C=O) groups excluding carboxylic acids is 5. The third-order valence-electron chi connectivity index (χ3n) is 11.0. The number of piperidine rings is 1. The first-order valence-electron chi connectivity index (χ1n) is 22.0. The number of Topliss-reactive ketones (excluding diaryl/α,β-unsaturated/α-hetero) is 2. The predicted molar refractivity (Wildman–Crippen MR) is 189 cm³/mol. The number of rotatable bonds is 14. The van der Waals surface area contributed by atoms with Gasteiger partial charge in [-0.15, -0.1) is 0 Å². The fraction of sp³-hybridized carbons (Fsp3) is 0.865. The lowest BCUT2D eigenvalue weighted by Crippen LogP contribution is -2.63. The van der Waals surface area contributed by atoms with Crippen LogP contribution >= 0.6 is 0 Å². The smallest absolute Gasteiger partial charge is 0.315 e. The van der Waals surface area contributed by atoms with Crippen molar-refractivity contribution >= 4 is 39.2 Å². The van der Waals surface area contributed by atoms with Crippen molar-refractivity contribution < 1.29 is 44.7 Å². The molecule has 4 amide bonds. The van der Waals surface area contributed by atoms with Gasteiger partial charge in [-0.25, -0.2) is 13.2 Å². The molecule has 3 saturated carbocycles. The summed E-state index contributed by atoms with van der Waals surface area (Å²) in [5.41, 5.74) is -2.58. The number of ketones is 2. The van der Waals surface area contributed by atoms with Crippen LogP contribution in [-0.4, -0.2) is 83.4 Å². The number of hydrogen-bond acceptors (Lipinski definition) is 7. The number of nitrogens with one attached hydrogen (secondary N) is 3. The second kappa shape index (κ2) is 14.3. The molecule has 4 aliphatic rings. The maximum atomic E-state index is 14.7. The van der Waals surface area contributed by atoms with Gasteiger partial charge in [0.1, 0.15) is 6.04 Å². The minimum Gasteiger partial charge on any atom is -0.347 e. The molecule has 11 nitrogen and oxygen atoms in total. The molecular weight excluding hydrogens is 644 g/mol. The molecule has 0 aromatic rings. The van der Waals surface area contributed by atoms with Gasteiger partial charge in [0.25, 0.3) is 5.91 Å². The molecule has 49 heavy (non-hydrogen) atoms. The summed E-state index contributed by atoms with van der Waals surface area (Å²) >= 11 is 0. The van der Waals surface area contributed by atoms with Gasteiger partial charge in [-0.1, -0.05) is 73.5 Å². The van der Waals surface area contributed by atoms with Crippen molar-refractivity contribution in [2.24, 2.45) is 28.6 Å². The molecule has 0 unspecified atom stereocenters. The zero-order valence-corrected chi connectivity index (χ0v) is 31.1. The van der Waals surface area contributed by atoms with Crippen molar-refractivity contribution in [3.63, 3.8) is 0 Å². The molecule has 3 N–H and O–H groups in total. The number of urea groups is 1. The molecular formula is C37H62N4O7S. The third-order valence-corrected chi connectivity index (χ3v) is 13.8. The van der Waals surface area contributed by atoms with Crippen molar-refractivity contribution in [2.45, 2.75) is 161 Å². The van der Waals surface area contributed by atoms with Crippen molar-refractivity contribution in [3.8, 4) is 0 Å². The number of sulfone groups is 1. The van der Waals surface area contributed by atoms with Gasteiger partial charge in [-0.2, -0.15) is 0 Å². The standard InChI is InChI=1S/C37H62N4O7S/c1-10-11-15-23(29(43)31(44)38-24-16-17-24)20-26(42)28-27-25(36(27,8)9)21-41(28)32(45)30(34(2,3)4)39-33(46)40-37(18-13-12-14-19-37)22-49(47,48)35(5,6)7/h23-25,27-28,30H,10-22H2,1-9H3,(H,38,44)(H2,39,40,46)/t23-,25+,27+,28-,30-/m1/s1/i1D3,10D2,11D2,15D2. The van der Waals surface area contributed by atoms with E-state index < -0.39 is 123 Å². The van der Waals surface area contributed by atoms with E-state index in [1.165, 1.54) is 4.90 Å². The molecule has 1 aliphatic heterocycles. The average Bonchev–Trinajstić information content (AvgIpc) is 3.91. The molecule has 1 heterocycles. The van der Waals surface area contributed by atoms with E-state index in [9.17, 15) is 32.4 Å². The second-order valence-corrected chi connectivity index (χ2v) is 20.0. The van der Waals surface area contributed by atoms with E-state index in [4.69, 9.17) is 12.3 Å². The lowest BCUT2D eigenvalue weighted by molar-refractivity contribution is -0.145. The van der Waals surface area contributed by atoms with E-state index in [2.05, 4.69) is 16.0 Å². The van der Waals surface area contributed by atoms with E-state index in [1.807, 2.05) is 13.8 Å². The number of nitrogens with zero attached hydrogens (tertiary/aromatic N) is 1. The van der Waals surface area contributed by atoms with E-state index in [0.717, 1.165) is 6.42 Å². The van der Waals surface area contributed by atoms with E-state index >= 15 is 0 Å². The van der Waals surface area contributed by atoms with Crippen LogP contribution in [0.25, 0.3) is 0 Å². The Labute approximate surface area is 306 Å². The highest BCUT2D eigenvalue weighted by atomic mass is 32.2. The highest BCUT2D eigenvalue weighted by Crippen LogP contribution is 2.65.